The molecule has 1 heterocycles. The molecule has 5 nitrogen and oxygen atoms in total. The number of allylic oxidation sites excluding steroid dienone is 1. The number of amides is 2. The molecule has 1 aliphatic rings. The number of para-hydroxylation sites is 1. The summed E-state index contributed by atoms with van der Waals surface area (Å²) in [4.78, 5) is 25.9. The van der Waals surface area contributed by atoms with Gasteiger partial charge in [0.1, 0.15) is 10.7 Å². The highest BCUT2D eigenvalue weighted by Gasteiger charge is 2.21. The van der Waals surface area contributed by atoms with Gasteiger partial charge in [-0.2, -0.15) is 0 Å². The van der Waals surface area contributed by atoms with Crippen LogP contribution in [0.5, 0.6) is 0 Å². The van der Waals surface area contributed by atoms with Gasteiger partial charge in [-0.05, 0) is 31.5 Å². The molecule has 0 aromatic heterocycles. The summed E-state index contributed by atoms with van der Waals surface area (Å²) in [5.74, 6) is 0.856. The van der Waals surface area contributed by atoms with E-state index in [1.165, 1.54) is 11.8 Å². The summed E-state index contributed by atoms with van der Waals surface area (Å²) in [5.41, 5.74) is 1.92. The van der Waals surface area contributed by atoms with E-state index in [4.69, 9.17) is 4.74 Å². The van der Waals surface area contributed by atoms with Crippen LogP contribution in [0.2, 0.25) is 0 Å². The van der Waals surface area contributed by atoms with Crippen LogP contribution in [0.3, 0.4) is 0 Å². The maximum Gasteiger partial charge on any atom is 0.265 e. The zero-order chi connectivity index (χ0) is 19.2. The number of ether oxygens (including phenoxy) is 1. The van der Waals surface area contributed by atoms with Gasteiger partial charge in [0.05, 0.1) is 23.9 Å². The number of hydrogen-bond donors (Lipinski definition) is 2. The zero-order valence-corrected chi connectivity index (χ0v) is 16.1. The van der Waals surface area contributed by atoms with Gasteiger partial charge in [-0.15, -0.1) is 11.8 Å². The first kappa shape index (κ1) is 19.0. The molecule has 1 aliphatic heterocycles. The molecule has 2 amide bonds. The summed E-state index contributed by atoms with van der Waals surface area (Å²) in [6, 6.07) is 16.6. The SMILES string of the molecule is CC1=C(C(=O)Nc2ccccc2C(=O)N[C@H](C)c2ccccc2)SCCO1. The lowest BCUT2D eigenvalue weighted by Crippen LogP contribution is -2.28. The lowest BCUT2D eigenvalue weighted by atomic mass is 10.1. The van der Waals surface area contributed by atoms with Crippen molar-refractivity contribution in [3.63, 3.8) is 0 Å². The summed E-state index contributed by atoms with van der Waals surface area (Å²) in [6.07, 6.45) is 0. The smallest absolute Gasteiger partial charge is 0.265 e. The Morgan fingerprint density at radius 1 is 1.04 bits per heavy atom. The van der Waals surface area contributed by atoms with Crippen molar-refractivity contribution in [2.75, 3.05) is 17.7 Å². The van der Waals surface area contributed by atoms with E-state index in [0.717, 1.165) is 11.3 Å². The molecule has 3 rings (SSSR count). The topological polar surface area (TPSA) is 67.4 Å². The molecule has 0 saturated heterocycles. The van der Waals surface area contributed by atoms with Crippen LogP contribution in [0.15, 0.2) is 65.3 Å². The molecule has 0 unspecified atom stereocenters. The quantitative estimate of drug-likeness (QED) is 0.817. The third-order valence-corrected chi connectivity index (χ3v) is 5.37. The van der Waals surface area contributed by atoms with Crippen LogP contribution >= 0.6 is 11.8 Å². The van der Waals surface area contributed by atoms with E-state index in [1.54, 1.807) is 31.2 Å². The number of rotatable bonds is 5. The lowest BCUT2D eigenvalue weighted by Gasteiger charge is -2.19. The van der Waals surface area contributed by atoms with Gasteiger partial charge in [0, 0.05) is 5.75 Å². The van der Waals surface area contributed by atoms with Crippen molar-refractivity contribution < 1.29 is 14.3 Å². The fourth-order valence-electron chi connectivity index (χ4n) is 2.80. The fourth-order valence-corrected chi connectivity index (χ4v) is 3.61. The van der Waals surface area contributed by atoms with E-state index in [9.17, 15) is 9.59 Å². The van der Waals surface area contributed by atoms with E-state index < -0.39 is 0 Å². The Hall–Kier alpha value is -2.73. The van der Waals surface area contributed by atoms with E-state index in [0.29, 0.717) is 28.5 Å². The van der Waals surface area contributed by atoms with Gasteiger partial charge in [0.25, 0.3) is 11.8 Å². The van der Waals surface area contributed by atoms with Gasteiger partial charge in [-0.25, -0.2) is 0 Å². The Kier molecular flexibility index (Phi) is 6.19. The molecule has 2 N–H and O–H groups in total. The number of thioether (sulfide) groups is 1. The van der Waals surface area contributed by atoms with Crippen molar-refractivity contribution in [1.29, 1.82) is 0 Å². The van der Waals surface area contributed by atoms with Gasteiger partial charge in [0.15, 0.2) is 0 Å². The first-order valence-electron chi connectivity index (χ1n) is 8.79. The van der Waals surface area contributed by atoms with Gasteiger partial charge in [-0.1, -0.05) is 42.5 Å². The summed E-state index contributed by atoms with van der Waals surface area (Å²) >= 11 is 1.46. The van der Waals surface area contributed by atoms with Crippen molar-refractivity contribution >= 4 is 29.3 Å². The van der Waals surface area contributed by atoms with Gasteiger partial charge < -0.3 is 15.4 Å². The summed E-state index contributed by atoms with van der Waals surface area (Å²) < 4.78 is 5.45. The van der Waals surface area contributed by atoms with E-state index in [2.05, 4.69) is 10.6 Å². The number of carbonyl (C=O) groups is 2. The van der Waals surface area contributed by atoms with Crippen molar-refractivity contribution in [3.8, 4) is 0 Å². The Labute approximate surface area is 163 Å². The molecule has 0 spiro atoms. The molecule has 2 aromatic rings. The van der Waals surface area contributed by atoms with Gasteiger partial charge in [-0.3, -0.25) is 9.59 Å². The third kappa shape index (κ3) is 4.71. The lowest BCUT2D eigenvalue weighted by molar-refractivity contribution is -0.112. The first-order valence-corrected chi connectivity index (χ1v) is 9.77. The largest absolute Gasteiger partial charge is 0.496 e. The minimum absolute atomic E-state index is 0.144. The maximum atomic E-state index is 12.8. The standard InChI is InChI=1S/C21H22N2O3S/c1-14(16-8-4-3-5-9-16)22-20(24)17-10-6-7-11-18(17)23-21(25)19-15(2)26-12-13-27-19/h3-11,14H,12-13H2,1-2H3,(H,22,24)(H,23,25)/t14-/m1/s1. The average molecular weight is 382 g/mol. The summed E-state index contributed by atoms with van der Waals surface area (Å²) in [6.45, 7) is 4.31. The molecule has 0 aliphatic carbocycles. The predicted molar refractivity (Wildman–Crippen MR) is 109 cm³/mol. The average Bonchev–Trinajstić information content (AvgIpc) is 2.69. The molecule has 0 saturated carbocycles. The van der Waals surface area contributed by atoms with E-state index in [1.807, 2.05) is 37.3 Å². The fraction of sp³-hybridized carbons (Fsp3) is 0.238. The highest BCUT2D eigenvalue weighted by Crippen LogP contribution is 2.27. The maximum absolute atomic E-state index is 12.8. The van der Waals surface area contributed by atoms with Crippen LogP contribution in [-0.2, 0) is 9.53 Å². The van der Waals surface area contributed by atoms with Crippen molar-refractivity contribution in [2.24, 2.45) is 0 Å². The molecule has 0 radical (unpaired) electrons. The van der Waals surface area contributed by atoms with Crippen LogP contribution in [0.4, 0.5) is 5.69 Å². The van der Waals surface area contributed by atoms with Crippen molar-refractivity contribution in [2.45, 2.75) is 19.9 Å². The molecular weight excluding hydrogens is 360 g/mol. The van der Waals surface area contributed by atoms with Gasteiger partial charge in [0.2, 0.25) is 0 Å². The number of carbonyl (C=O) groups excluding carboxylic acids is 2. The minimum Gasteiger partial charge on any atom is -0.496 e. The second-order valence-electron chi connectivity index (χ2n) is 6.19. The first-order chi connectivity index (χ1) is 13.1. The third-order valence-electron chi connectivity index (χ3n) is 4.24. The van der Waals surface area contributed by atoms with Crippen LogP contribution in [0, 0.1) is 0 Å². The normalized spacial score (nSPS) is 14.9. The monoisotopic (exact) mass is 382 g/mol. The highest BCUT2D eigenvalue weighted by molar-refractivity contribution is 8.04. The molecule has 27 heavy (non-hydrogen) atoms. The molecular formula is C21H22N2O3S. The van der Waals surface area contributed by atoms with Crippen LogP contribution in [0.25, 0.3) is 0 Å². The number of hydrogen-bond acceptors (Lipinski definition) is 4. The number of benzene rings is 2. The Balaban J connectivity index is 1.75. The van der Waals surface area contributed by atoms with Crippen LogP contribution in [-0.4, -0.2) is 24.2 Å². The zero-order valence-electron chi connectivity index (χ0n) is 15.3. The summed E-state index contributed by atoms with van der Waals surface area (Å²) in [5, 5.41) is 5.83. The Morgan fingerprint density at radius 2 is 1.74 bits per heavy atom. The number of nitrogens with one attached hydrogen (secondary N) is 2. The molecule has 140 valence electrons. The molecule has 0 fully saturated rings. The van der Waals surface area contributed by atoms with Gasteiger partial charge >= 0.3 is 0 Å². The van der Waals surface area contributed by atoms with Crippen molar-refractivity contribution in [3.05, 3.63) is 76.4 Å². The van der Waals surface area contributed by atoms with Crippen LogP contribution in [0.1, 0.15) is 35.8 Å². The predicted octanol–water partition coefficient (Wildman–Crippen LogP) is 4.11. The van der Waals surface area contributed by atoms with E-state index >= 15 is 0 Å². The van der Waals surface area contributed by atoms with Crippen LogP contribution < -0.4 is 10.6 Å². The summed E-state index contributed by atoms with van der Waals surface area (Å²) in [7, 11) is 0. The second kappa shape index (κ2) is 8.77. The second-order valence-corrected chi connectivity index (χ2v) is 7.29. The minimum atomic E-state index is -0.256. The number of anilines is 1. The van der Waals surface area contributed by atoms with E-state index in [-0.39, 0.29) is 17.9 Å². The highest BCUT2D eigenvalue weighted by atomic mass is 32.2. The molecule has 1 atom stereocenters. The molecule has 0 bridgehead atoms. The van der Waals surface area contributed by atoms with Crippen molar-refractivity contribution in [1.82, 2.24) is 5.32 Å². The Morgan fingerprint density at radius 3 is 2.48 bits per heavy atom. The molecule has 6 heteroatoms. The molecule has 2 aromatic carbocycles. The Bertz CT molecular complexity index is 865.